The number of nitrogens with zero attached hydrogens (tertiary/aromatic N) is 1. The molecule has 1 aromatic heterocycles. The predicted octanol–water partition coefficient (Wildman–Crippen LogP) is 4.88. The van der Waals surface area contributed by atoms with Crippen LogP contribution in [-0.2, 0) is 11.2 Å². The van der Waals surface area contributed by atoms with E-state index in [1.807, 2.05) is 6.07 Å². The molecule has 2 heterocycles. The van der Waals surface area contributed by atoms with Gasteiger partial charge in [0.05, 0.1) is 31.2 Å². The molecule has 6 rings (SSSR count). The molecule has 6 nitrogen and oxygen atoms in total. The average Bonchev–Trinajstić information content (AvgIpc) is 3.50. The first-order chi connectivity index (χ1) is 17.8. The second-order valence-corrected chi connectivity index (χ2v) is 11.6. The van der Waals surface area contributed by atoms with Crippen LogP contribution in [0.25, 0.3) is 0 Å². The summed E-state index contributed by atoms with van der Waals surface area (Å²) < 4.78 is 11.1. The van der Waals surface area contributed by atoms with Gasteiger partial charge in [-0.05, 0) is 87.1 Å². The minimum absolute atomic E-state index is 0.0306. The molecular formula is C31H41NO5. The molecule has 1 aromatic carbocycles. The van der Waals surface area contributed by atoms with Gasteiger partial charge in [0.15, 0.2) is 5.76 Å². The normalized spacial score (nSPS) is 31.5. The Balaban J connectivity index is 1.58. The van der Waals surface area contributed by atoms with Crippen molar-refractivity contribution >= 4 is 5.78 Å². The van der Waals surface area contributed by atoms with E-state index >= 15 is 0 Å². The predicted molar refractivity (Wildman–Crippen MR) is 143 cm³/mol. The molecule has 1 aliphatic heterocycles. The number of carbonyl (C=O) groups is 1. The smallest absolute Gasteiger partial charge is 0.228 e. The van der Waals surface area contributed by atoms with Crippen molar-refractivity contribution in [2.45, 2.75) is 76.4 Å². The van der Waals surface area contributed by atoms with E-state index in [4.69, 9.17) is 9.15 Å². The number of rotatable bonds is 4. The number of aliphatic hydroxyl groups excluding tert-OH is 1. The van der Waals surface area contributed by atoms with Crippen LogP contribution in [0.5, 0.6) is 0 Å². The highest BCUT2D eigenvalue weighted by Crippen LogP contribution is 2.58. The van der Waals surface area contributed by atoms with Gasteiger partial charge in [-0.2, -0.15) is 0 Å². The van der Waals surface area contributed by atoms with E-state index in [0.717, 1.165) is 49.9 Å². The van der Waals surface area contributed by atoms with Crippen LogP contribution < -0.4 is 0 Å². The Hall–Kier alpha value is -2.25. The molecule has 2 N–H and O–H groups in total. The molecule has 6 heteroatoms. The number of hydrogen-bond acceptors (Lipinski definition) is 6. The first-order valence-electron chi connectivity index (χ1n) is 13.9. The zero-order valence-electron chi connectivity index (χ0n) is 22.2. The van der Waals surface area contributed by atoms with Gasteiger partial charge in [0.2, 0.25) is 5.78 Å². The lowest BCUT2D eigenvalue weighted by Crippen LogP contribution is -2.54. The fourth-order valence-electron chi connectivity index (χ4n) is 6.87. The minimum Gasteiger partial charge on any atom is -0.461 e. The molecule has 37 heavy (non-hydrogen) atoms. The number of benzene rings is 1. The summed E-state index contributed by atoms with van der Waals surface area (Å²) in [5.74, 6) is 0.218. The van der Waals surface area contributed by atoms with Crippen molar-refractivity contribution in [2.75, 3.05) is 32.8 Å². The van der Waals surface area contributed by atoms with Crippen molar-refractivity contribution in [3.8, 4) is 0 Å². The van der Waals surface area contributed by atoms with Crippen molar-refractivity contribution < 1.29 is 24.2 Å². The molecule has 1 saturated carbocycles. The lowest BCUT2D eigenvalue weighted by Gasteiger charge is -2.46. The number of ether oxygens (including phenoxy) is 1. The summed E-state index contributed by atoms with van der Waals surface area (Å²) in [4.78, 5) is 16.0. The lowest BCUT2D eigenvalue weighted by molar-refractivity contribution is -0.0959. The number of fused-ring (bicyclic) bond motifs is 8. The standard InChI is InChI=1S/C31H41NO5/c1-22-5-3-12-30(2)27(11-13-31(30,35)21-32-14-17-36-18-15-32)25-10-8-23(19-24(33)9-7-22)20-26(25)29(34)28-6-4-16-37-28/h4-6,8,10,16,20,24,27,33,35H,3,7,9,11-15,17-19,21H2,1-2H3. The first kappa shape index (κ1) is 26.4. The zero-order valence-corrected chi connectivity index (χ0v) is 22.2. The largest absolute Gasteiger partial charge is 0.461 e. The van der Waals surface area contributed by atoms with Crippen molar-refractivity contribution in [3.63, 3.8) is 0 Å². The Labute approximate surface area is 220 Å². The quantitative estimate of drug-likeness (QED) is 0.453. The van der Waals surface area contributed by atoms with Crippen LogP contribution >= 0.6 is 0 Å². The van der Waals surface area contributed by atoms with Crippen LogP contribution in [0.4, 0.5) is 0 Å². The molecule has 0 radical (unpaired) electrons. The van der Waals surface area contributed by atoms with E-state index in [-0.39, 0.29) is 11.7 Å². The highest BCUT2D eigenvalue weighted by molar-refractivity contribution is 6.08. The van der Waals surface area contributed by atoms with Crippen molar-refractivity contribution in [1.82, 2.24) is 4.90 Å². The fraction of sp³-hybridized carbons (Fsp3) is 0.581. The molecule has 4 atom stereocenters. The third-order valence-electron chi connectivity index (χ3n) is 9.25. The summed E-state index contributed by atoms with van der Waals surface area (Å²) in [5.41, 5.74) is 2.58. The lowest BCUT2D eigenvalue weighted by atomic mass is 9.64. The van der Waals surface area contributed by atoms with Gasteiger partial charge in [0.1, 0.15) is 0 Å². The van der Waals surface area contributed by atoms with Crippen LogP contribution in [0.3, 0.4) is 0 Å². The fourth-order valence-corrected chi connectivity index (χ4v) is 6.87. The molecule has 2 bridgehead atoms. The van der Waals surface area contributed by atoms with Crippen LogP contribution in [-0.4, -0.2) is 65.4 Å². The number of β-amino-alcohol motifs (C(OH)–C–C–N with tert-alkyl or cyclic N) is 1. The number of furan rings is 1. The molecule has 200 valence electrons. The number of morpholine rings is 1. The zero-order chi connectivity index (χ0) is 26.0. The summed E-state index contributed by atoms with van der Waals surface area (Å²) >= 11 is 0. The Bertz CT molecular complexity index is 1120. The number of allylic oxidation sites excluding steroid dienone is 2. The van der Waals surface area contributed by atoms with E-state index < -0.39 is 17.1 Å². The number of carbonyl (C=O) groups excluding carboxylic acids is 1. The van der Waals surface area contributed by atoms with E-state index in [1.54, 1.807) is 12.1 Å². The summed E-state index contributed by atoms with van der Waals surface area (Å²) in [7, 11) is 0. The summed E-state index contributed by atoms with van der Waals surface area (Å²) in [5, 5.41) is 23.0. The van der Waals surface area contributed by atoms with Crippen LogP contribution in [0.15, 0.2) is 52.7 Å². The molecule has 0 amide bonds. The monoisotopic (exact) mass is 507 g/mol. The molecule has 4 aliphatic rings. The Kier molecular flexibility index (Phi) is 7.73. The Morgan fingerprint density at radius 3 is 2.73 bits per heavy atom. The molecule has 2 aromatic rings. The third kappa shape index (κ3) is 5.35. The minimum atomic E-state index is -0.867. The van der Waals surface area contributed by atoms with Gasteiger partial charge in [-0.3, -0.25) is 9.69 Å². The Morgan fingerprint density at radius 2 is 1.97 bits per heavy atom. The SMILES string of the molecule is CC1=CCCC2(C)C(CCC2(O)CN2CCOCC2)c2ccc(cc2C(=O)c2ccco2)CC(O)CC1. The van der Waals surface area contributed by atoms with Crippen LogP contribution in [0, 0.1) is 5.41 Å². The average molecular weight is 508 g/mol. The number of ketones is 1. The number of hydrogen-bond donors (Lipinski definition) is 2. The third-order valence-corrected chi connectivity index (χ3v) is 9.25. The topological polar surface area (TPSA) is 83.1 Å². The van der Waals surface area contributed by atoms with E-state index in [2.05, 4.69) is 37.0 Å². The molecule has 4 unspecified atom stereocenters. The summed E-state index contributed by atoms with van der Waals surface area (Å²) in [6.07, 6.45) is 8.60. The molecule has 3 aliphatic carbocycles. The maximum absolute atomic E-state index is 13.7. The van der Waals surface area contributed by atoms with Gasteiger partial charge in [0.25, 0.3) is 0 Å². The summed E-state index contributed by atoms with van der Waals surface area (Å²) in [6.45, 7) is 8.07. The number of aliphatic hydroxyl groups is 2. The highest BCUT2D eigenvalue weighted by Gasteiger charge is 2.57. The maximum Gasteiger partial charge on any atom is 0.228 e. The van der Waals surface area contributed by atoms with Gasteiger partial charge in [-0.15, -0.1) is 0 Å². The van der Waals surface area contributed by atoms with Crippen molar-refractivity contribution in [2.24, 2.45) is 5.41 Å². The van der Waals surface area contributed by atoms with E-state index in [1.165, 1.54) is 11.8 Å². The summed E-state index contributed by atoms with van der Waals surface area (Å²) in [6, 6.07) is 9.54. The first-order valence-corrected chi connectivity index (χ1v) is 13.9. The second-order valence-electron chi connectivity index (χ2n) is 11.6. The Morgan fingerprint density at radius 1 is 1.16 bits per heavy atom. The van der Waals surface area contributed by atoms with Gasteiger partial charge in [-0.25, -0.2) is 0 Å². The van der Waals surface area contributed by atoms with Gasteiger partial charge in [0, 0.05) is 30.6 Å². The maximum atomic E-state index is 13.7. The van der Waals surface area contributed by atoms with Gasteiger partial charge >= 0.3 is 0 Å². The van der Waals surface area contributed by atoms with Crippen molar-refractivity contribution in [3.05, 3.63) is 70.7 Å². The van der Waals surface area contributed by atoms with Crippen molar-refractivity contribution in [1.29, 1.82) is 0 Å². The highest BCUT2D eigenvalue weighted by atomic mass is 16.5. The molecule has 0 spiro atoms. The second kappa shape index (κ2) is 10.9. The molecule has 2 fully saturated rings. The molecular weight excluding hydrogens is 466 g/mol. The van der Waals surface area contributed by atoms with Gasteiger partial charge < -0.3 is 19.4 Å². The van der Waals surface area contributed by atoms with E-state index in [0.29, 0.717) is 50.3 Å². The van der Waals surface area contributed by atoms with E-state index in [9.17, 15) is 15.0 Å². The van der Waals surface area contributed by atoms with Gasteiger partial charge in [-0.1, -0.05) is 30.7 Å². The molecule has 1 saturated heterocycles. The van der Waals surface area contributed by atoms with Crippen LogP contribution in [0.2, 0.25) is 0 Å². The van der Waals surface area contributed by atoms with Crippen LogP contribution in [0.1, 0.15) is 85.5 Å².